The van der Waals surface area contributed by atoms with Crippen molar-refractivity contribution in [3.8, 4) is 0 Å². The summed E-state index contributed by atoms with van der Waals surface area (Å²) < 4.78 is 0. The van der Waals surface area contributed by atoms with E-state index >= 15 is 0 Å². The number of carbonyl (C=O) groups excluding carboxylic acids is 1. The van der Waals surface area contributed by atoms with Crippen molar-refractivity contribution in [1.29, 1.82) is 0 Å². The largest absolute Gasteiger partial charge is 0.465 e. The number of carboxylic acid groups (broad SMARTS) is 1. The monoisotopic (exact) mass is 461 g/mol. The number of hydrogen-bond donors (Lipinski definition) is 2. The summed E-state index contributed by atoms with van der Waals surface area (Å²) in [6, 6.07) is 15.5. The smallest absolute Gasteiger partial charge is 0.409 e. The Morgan fingerprint density at radius 1 is 0.971 bits per heavy atom. The number of carbonyl (C=O) groups is 2. The third-order valence-electron chi connectivity index (χ3n) is 6.90. The highest BCUT2D eigenvalue weighted by atomic mass is 16.4. The van der Waals surface area contributed by atoms with Gasteiger partial charge in [0, 0.05) is 44.0 Å². The van der Waals surface area contributed by atoms with E-state index in [2.05, 4.69) is 10.2 Å². The summed E-state index contributed by atoms with van der Waals surface area (Å²) in [7, 11) is 0. The van der Waals surface area contributed by atoms with Crippen molar-refractivity contribution in [3.63, 3.8) is 0 Å². The Morgan fingerprint density at radius 3 is 2.21 bits per heavy atom. The predicted molar refractivity (Wildman–Crippen MR) is 136 cm³/mol. The molecular weight excluding hydrogens is 426 g/mol. The van der Waals surface area contributed by atoms with Crippen LogP contribution in [0.1, 0.15) is 61.0 Å². The first kappa shape index (κ1) is 24.0. The quantitative estimate of drug-likeness (QED) is 0.539. The Labute approximate surface area is 202 Å². The van der Waals surface area contributed by atoms with Crippen molar-refractivity contribution in [2.75, 3.05) is 38.0 Å². The van der Waals surface area contributed by atoms with E-state index in [4.69, 9.17) is 0 Å². The fourth-order valence-corrected chi connectivity index (χ4v) is 4.84. The number of hydrogen-bond acceptors (Lipinski definition) is 3. The molecule has 2 N–H and O–H groups in total. The fraction of sp³-hybridized carbons (Fsp3) is 0.429. The third kappa shape index (κ3) is 5.86. The lowest BCUT2D eigenvalue weighted by Gasteiger charge is -2.30. The number of anilines is 1. The first-order chi connectivity index (χ1) is 16.5. The minimum absolute atomic E-state index is 0.0480. The zero-order valence-corrected chi connectivity index (χ0v) is 20.2. The molecule has 0 unspecified atom stereocenters. The lowest BCUT2D eigenvalue weighted by molar-refractivity contribution is 0.0773. The summed E-state index contributed by atoms with van der Waals surface area (Å²) in [6.07, 6.45) is 3.66. The number of benzene rings is 2. The summed E-state index contributed by atoms with van der Waals surface area (Å²) in [5.74, 6) is 0.937. The summed E-state index contributed by atoms with van der Waals surface area (Å²) in [4.78, 5) is 28.4. The van der Waals surface area contributed by atoms with Crippen LogP contribution in [0.15, 0.2) is 54.1 Å². The van der Waals surface area contributed by atoms with Gasteiger partial charge in [-0.25, -0.2) is 4.79 Å². The third-order valence-corrected chi connectivity index (χ3v) is 6.90. The number of nitrogens with zero attached hydrogens (tertiary/aromatic N) is 2. The molecule has 2 aromatic carbocycles. The molecule has 34 heavy (non-hydrogen) atoms. The van der Waals surface area contributed by atoms with E-state index in [0.29, 0.717) is 24.3 Å². The van der Waals surface area contributed by atoms with Gasteiger partial charge in [-0.05, 0) is 86.4 Å². The van der Waals surface area contributed by atoms with Crippen LogP contribution in [0.5, 0.6) is 0 Å². The standard InChI is InChI=1S/C28H35N3O3/c1-3-31(4-2)27(32)23-12-10-21(11-13-23)26(24-6-5-7-25(18-24)29-28(33)34)22-14-16-30(17-15-22)19-20-8-9-20/h5-7,10-13,18,20,29H,3-4,8-9,14-17,19H2,1-2H3,(H,33,34). The second kappa shape index (κ2) is 10.9. The molecule has 0 radical (unpaired) electrons. The van der Waals surface area contributed by atoms with Crippen molar-refractivity contribution in [1.82, 2.24) is 9.80 Å². The lowest BCUT2D eigenvalue weighted by atomic mass is 9.87. The molecule has 6 heteroatoms. The number of nitrogens with one attached hydrogen (secondary N) is 1. The molecule has 2 aliphatic rings. The molecule has 0 spiro atoms. The van der Waals surface area contributed by atoms with Gasteiger partial charge in [-0.3, -0.25) is 10.1 Å². The highest BCUT2D eigenvalue weighted by Gasteiger charge is 2.26. The van der Waals surface area contributed by atoms with Crippen LogP contribution in [0.2, 0.25) is 0 Å². The topological polar surface area (TPSA) is 72.9 Å². The number of rotatable bonds is 8. The van der Waals surface area contributed by atoms with Crippen LogP contribution in [0, 0.1) is 5.92 Å². The Hall–Kier alpha value is -3.12. The molecule has 1 saturated heterocycles. The summed E-state index contributed by atoms with van der Waals surface area (Å²) in [5.41, 5.74) is 5.86. The zero-order chi connectivity index (χ0) is 24.1. The molecule has 1 saturated carbocycles. The van der Waals surface area contributed by atoms with E-state index in [1.165, 1.54) is 25.0 Å². The van der Waals surface area contributed by atoms with E-state index in [-0.39, 0.29) is 5.91 Å². The van der Waals surface area contributed by atoms with E-state index in [1.807, 2.05) is 61.2 Å². The Morgan fingerprint density at radius 2 is 1.62 bits per heavy atom. The fourth-order valence-electron chi connectivity index (χ4n) is 4.84. The summed E-state index contributed by atoms with van der Waals surface area (Å²) >= 11 is 0. The molecule has 1 heterocycles. The van der Waals surface area contributed by atoms with Gasteiger partial charge in [0.1, 0.15) is 0 Å². The van der Waals surface area contributed by atoms with Crippen LogP contribution in [0.25, 0.3) is 5.57 Å². The van der Waals surface area contributed by atoms with Crippen LogP contribution >= 0.6 is 0 Å². The van der Waals surface area contributed by atoms with Gasteiger partial charge in [-0.15, -0.1) is 0 Å². The maximum absolute atomic E-state index is 12.8. The van der Waals surface area contributed by atoms with Crippen LogP contribution < -0.4 is 5.32 Å². The summed E-state index contributed by atoms with van der Waals surface area (Å²) in [5, 5.41) is 11.6. The van der Waals surface area contributed by atoms with Crippen molar-refractivity contribution >= 4 is 23.3 Å². The zero-order valence-electron chi connectivity index (χ0n) is 20.2. The van der Waals surface area contributed by atoms with Gasteiger partial charge in [-0.1, -0.05) is 29.8 Å². The maximum Gasteiger partial charge on any atom is 0.409 e. The Bertz CT molecular complexity index is 1040. The highest BCUT2D eigenvalue weighted by molar-refractivity contribution is 5.95. The molecule has 1 aliphatic heterocycles. The van der Waals surface area contributed by atoms with Crippen molar-refractivity contribution in [3.05, 3.63) is 70.8 Å². The lowest BCUT2D eigenvalue weighted by Crippen LogP contribution is -2.32. The second-order valence-electron chi connectivity index (χ2n) is 9.29. The van der Waals surface area contributed by atoms with Crippen LogP contribution in [-0.2, 0) is 0 Å². The van der Waals surface area contributed by atoms with E-state index in [0.717, 1.165) is 48.5 Å². The first-order valence-corrected chi connectivity index (χ1v) is 12.4. The van der Waals surface area contributed by atoms with Gasteiger partial charge in [-0.2, -0.15) is 0 Å². The Kier molecular flexibility index (Phi) is 7.68. The number of likely N-dealkylation sites (tertiary alicyclic amines) is 1. The molecule has 1 aliphatic carbocycles. The van der Waals surface area contributed by atoms with Crippen molar-refractivity contribution < 1.29 is 14.7 Å². The number of amides is 2. The molecule has 2 amide bonds. The van der Waals surface area contributed by atoms with Crippen LogP contribution in [-0.4, -0.2) is 59.6 Å². The van der Waals surface area contributed by atoms with E-state index in [9.17, 15) is 14.7 Å². The maximum atomic E-state index is 12.8. The minimum atomic E-state index is -1.07. The molecule has 0 aromatic heterocycles. The molecular formula is C28H35N3O3. The van der Waals surface area contributed by atoms with Gasteiger partial charge in [0.25, 0.3) is 5.91 Å². The Balaban J connectivity index is 1.65. The second-order valence-corrected chi connectivity index (χ2v) is 9.29. The van der Waals surface area contributed by atoms with Gasteiger partial charge >= 0.3 is 6.09 Å². The molecule has 2 fully saturated rings. The van der Waals surface area contributed by atoms with Gasteiger partial charge in [0.2, 0.25) is 0 Å². The molecule has 6 nitrogen and oxygen atoms in total. The average molecular weight is 462 g/mol. The normalized spacial score (nSPS) is 16.2. The molecule has 0 bridgehead atoms. The van der Waals surface area contributed by atoms with E-state index < -0.39 is 6.09 Å². The van der Waals surface area contributed by atoms with Crippen LogP contribution in [0.4, 0.5) is 10.5 Å². The van der Waals surface area contributed by atoms with Crippen molar-refractivity contribution in [2.24, 2.45) is 5.92 Å². The molecule has 0 atom stereocenters. The molecule has 2 aromatic rings. The highest BCUT2D eigenvalue weighted by Crippen LogP contribution is 2.35. The number of piperidine rings is 1. The minimum Gasteiger partial charge on any atom is -0.465 e. The predicted octanol–water partition coefficient (Wildman–Crippen LogP) is 5.57. The van der Waals surface area contributed by atoms with Gasteiger partial charge < -0.3 is 14.9 Å². The molecule has 4 rings (SSSR count). The SMILES string of the molecule is CCN(CC)C(=O)c1ccc(C(=C2CCN(CC3CC3)CC2)c2cccc(NC(=O)O)c2)cc1. The van der Waals surface area contributed by atoms with E-state index in [1.54, 1.807) is 6.07 Å². The average Bonchev–Trinajstić information content (AvgIpc) is 3.65. The van der Waals surface area contributed by atoms with Crippen molar-refractivity contribution in [2.45, 2.75) is 39.5 Å². The van der Waals surface area contributed by atoms with Crippen LogP contribution in [0.3, 0.4) is 0 Å². The molecule has 180 valence electrons. The first-order valence-electron chi connectivity index (χ1n) is 12.4. The van der Waals surface area contributed by atoms with Gasteiger partial charge in [0.05, 0.1) is 0 Å². The summed E-state index contributed by atoms with van der Waals surface area (Å²) in [6.45, 7) is 8.68. The van der Waals surface area contributed by atoms with Gasteiger partial charge in [0.15, 0.2) is 0 Å².